The van der Waals surface area contributed by atoms with E-state index in [1.807, 2.05) is 0 Å². The van der Waals surface area contributed by atoms with Crippen LogP contribution in [0.3, 0.4) is 0 Å². The van der Waals surface area contributed by atoms with Crippen LogP contribution in [0.25, 0.3) is 0 Å². The van der Waals surface area contributed by atoms with Gasteiger partial charge in [-0.1, -0.05) is 29.8 Å². The summed E-state index contributed by atoms with van der Waals surface area (Å²) in [6.45, 7) is 3.53. The molecule has 0 aliphatic carbocycles. The quantitative estimate of drug-likeness (QED) is 0.572. The summed E-state index contributed by atoms with van der Waals surface area (Å²) in [5.74, 6) is -0.684. The first-order chi connectivity index (χ1) is 7.50. The minimum absolute atomic E-state index is 0.0546. The third-order valence-electron chi connectivity index (χ3n) is 2.28. The molecule has 0 atom stereocenters. The molecule has 1 heterocycles. The Bertz CT molecular complexity index is 511. The van der Waals surface area contributed by atoms with E-state index in [1.165, 1.54) is 6.07 Å². The van der Waals surface area contributed by atoms with Gasteiger partial charge in [-0.3, -0.25) is 9.59 Å². The summed E-state index contributed by atoms with van der Waals surface area (Å²) in [4.78, 5) is 24.3. The largest absolute Gasteiger partial charge is 0.274 e. The van der Waals surface area contributed by atoms with Crippen molar-refractivity contribution in [2.75, 3.05) is 4.90 Å². The van der Waals surface area contributed by atoms with E-state index in [9.17, 15) is 9.59 Å². The monoisotopic (exact) mass is 255 g/mol. The lowest BCUT2D eigenvalue weighted by atomic mass is 10.3. The van der Waals surface area contributed by atoms with E-state index in [-0.39, 0.29) is 23.8 Å². The minimum Gasteiger partial charge on any atom is -0.274 e. The number of benzene rings is 1. The lowest BCUT2D eigenvalue weighted by molar-refractivity contribution is -0.120. The lowest BCUT2D eigenvalue weighted by Gasteiger charge is -2.13. The number of anilines is 1. The van der Waals surface area contributed by atoms with Gasteiger partial charge in [0.2, 0.25) is 5.91 Å². The third kappa shape index (κ3) is 1.72. The molecule has 1 aromatic carbocycles. The smallest absolute Gasteiger partial charge is 0.260 e. The number of carbonyl (C=O) groups is 2. The highest BCUT2D eigenvalue weighted by atomic mass is 35.5. The highest BCUT2D eigenvalue weighted by molar-refractivity contribution is 6.42. The van der Waals surface area contributed by atoms with Gasteiger partial charge in [-0.25, -0.2) is 4.90 Å². The van der Waals surface area contributed by atoms with E-state index in [0.717, 1.165) is 4.90 Å². The number of hydrogen-bond donors (Lipinski definition) is 0. The van der Waals surface area contributed by atoms with E-state index in [2.05, 4.69) is 6.58 Å². The molecule has 0 saturated carbocycles. The molecule has 1 fully saturated rings. The Balaban J connectivity index is 2.45. The highest BCUT2D eigenvalue weighted by Gasteiger charge is 2.33. The zero-order valence-corrected chi connectivity index (χ0v) is 9.68. The summed E-state index contributed by atoms with van der Waals surface area (Å²) in [6.07, 6.45) is 0.0546. The first-order valence-electron chi connectivity index (χ1n) is 4.51. The van der Waals surface area contributed by atoms with Crippen molar-refractivity contribution in [3.8, 4) is 0 Å². The summed E-state index contributed by atoms with van der Waals surface area (Å²) >= 11 is 11.6. The summed E-state index contributed by atoms with van der Waals surface area (Å²) in [5.41, 5.74) is 0.708. The zero-order chi connectivity index (χ0) is 11.9. The van der Waals surface area contributed by atoms with Crippen LogP contribution in [0.4, 0.5) is 5.69 Å². The van der Waals surface area contributed by atoms with Crippen molar-refractivity contribution in [3.63, 3.8) is 0 Å². The van der Waals surface area contributed by atoms with Gasteiger partial charge in [0, 0.05) is 5.57 Å². The standard InChI is InChI=1S/C11H7Cl2NO2/c1-6-4-10(15)14(11(6)16)7-2-3-8(12)9(13)5-7/h2-3,5H,1,4H2. The maximum Gasteiger partial charge on any atom is 0.260 e. The van der Waals surface area contributed by atoms with Crippen LogP contribution in [-0.2, 0) is 9.59 Å². The summed E-state index contributed by atoms with van der Waals surface area (Å²) in [6, 6.07) is 4.60. The minimum atomic E-state index is -0.386. The molecular weight excluding hydrogens is 249 g/mol. The van der Waals surface area contributed by atoms with Crippen molar-refractivity contribution in [2.45, 2.75) is 6.42 Å². The Morgan fingerprint density at radius 3 is 2.38 bits per heavy atom. The topological polar surface area (TPSA) is 37.4 Å². The van der Waals surface area contributed by atoms with Crippen LogP contribution in [0.1, 0.15) is 6.42 Å². The molecule has 0 spiro atoms. The molecule has 16 heavy (non-hydrogen) atoms. The van der Waals surface area contributed by atoms with Crippen LogP contribution in [0.2, 0.25) is 10.0 Å². The molecule has 1 aromatic rings. The molecule has 1 aliphatic heterocycles. The number of hydrogen-bond acceptors (Lipinski definition) is 2. The molecule has 1 saturated heterocycles. The third-order valence-corrected chi connectivity index (χ3v) is 3.02. The van der Waals surface area contributed by atoms with Gasteiger partial charge in [0.1, 0.15) is 0 Å². The van der Waals surface area contributed by atoms with Gasteiger partial charge < -0.3 is 0 Å². The highest BCUT2D eigenvalue weighted by Crippen LogP contribution is 2.30. The number of carbonyl (C=O) groups excluding carboxylic acids is 2. The number of amides is 2. The molecule has 82 valence electrons. The van der Waals surface area contributed by atoms with E-state index in [4.69, 9.17) is 23.2 Å². The molecule has 0 aromatic heterocycles. The average Bonchev–Trinajstić information content (AvgIpc) is 2.47. The fourth-order valence-corrected chi connectivity index (χ4v) is 1.79. The van der Waals surface area contributed by atoms with Crippen LogP contribution in [-0.4, -0.2) is 11.8 Å². The number of imide groups is 1. The van der Waals surface area contributed by atoms with E-state index >= 15 is 0 Å². The van der Waals surface area contributed by atoms with Crippen LogP contribution >= 0.6 is 23.2 Å². The fourth-order valence-electron chi connectivity index (χ4n) is 1.49. The second kappa shape index (κ2) is 3.92. The van der Waals surface area contributed by atoms with Crippen LogP contribution in [0.15, 0.2) is 30.4 Å². The molecular formula is C11H7Cl2NO2. The maximum atomic E-state index is 11.6. The number of rotatable bonds is 1. The van der Waals surface area contributed by atoms with Crippen molar-refractivity contribution in [1.82, 2.24) is 0 Å². The van der Waals surface area contributed by atoms with Crippen molar-refractivity contribution in [1.29, 1.82) is 0 Å². The molecule has 0 N–H and O–H groups in total. The molecule has 2 amide bonds. The first-order valence-corrected chi connectivity index (χ1v) is 5.26. The lowest BCUT2D eigenvalue weighted by Crippen LogP contribution is -2.28. The second-order valence-electron chi connectivity index (χ2n) is 3.41. The Labute approximate surface area is 102 Å². The van der Waals surface area contributed by atoms with Gasteiger partial charge in [-0.05, 0) is 18.2 Å². The van der Waals surface area contributed by atoms with Crippen molar-refractivity contribution >= 4 is 40.7 Å². The number of nitrogens with zero attached hydrogens (tertiary/aromatic N) is 1. The normalized spacial score (nSPS) is 16.1. The second-order valence-corrected chi connectivity index (χ2v) is 4.23. The molecule has 0 unspecified atom stereocenters. The molecule has 2 rings (SSSR count). The van der Waals surface area contributed by atoms with Crippen molar-refractivity contribution in [2.24, 2.45) is 0 Å². The average molecular weight is 256 g/mol. The summed E-state index contributed by atoms with van der Waals surface area (Å²) < 4.78 is 0. The van der Waals surface area contributed by atoms with Crippen molar-refractivity contribution in [3.05, 3.63) is 40.4 Å². The van der Waals surface area contributed by atoms with Gasteiger partial charge in [-0.2, -0.15) is 0 Å². The first kappa shape index (κ1) is 11.2. The Morgan fingerprint density at radius 1 is 1.19 bits per heavy atom. The van der Waals surface area contributed by atoms with E-state index < -0.39 is 0 Å². The van der Waals surface area contributed by atoms with Crippen LogP contribution in [0, 0.1) is 0 Å². The zero-order valence-electron chi connectivity index (χ0n) is 8.17. The number of halogens is 2. The van der Waals surface area contributed by atoms with Crippen LogP contribution in [0.5, 0.6) is 0 Å². The van der Waals surface area contributed by atoms with Gasteiger partial charge in [0.15, 0.2) is 0 Å². The predicted molar refractivity (Wildman–Crippen MR) is 62.7 cm³/mol. The van der Waals surface area contributed by atoms with E-state index in [1.54, 1.807) is 12.1 Å². The van der Waals surface area contributed by atoms with Crippen LogP contribution < -0.4 is 4.90 Å². The van der Waals surface area contributed by atoms with Crippen molar-refractivity contribution < 1.29 is 9.59 Å². The molecule has 0 bridgehead atoms. The summed E-state index contributed by atoms with van der Waals surface area (Å²) in [7, 11) is 0. The molecule has 0 radical (unpaired) electrons. The predicted octanol–water partition coefficient (Wildman–Crippen LogP) is 2.81. The molecule has 5 heteroatoms. The molecule has 3 nitrogen and oxygen atoms in total. The fraction of sp³-hybridized carbons (Fsp3) is 0.0909. The van der Waals surface area contributed by atoms with Gasteiger partial charge in [0.25, 0.3) is 5.91 Å². The molecule has 1 aliphatic rings. The van der Waals surface area contributed by atoms with E-state index in [0.29, 0.717) is 15.7 Å². The Hall–Kier alpha value is -1.32. The van der Waals surface area contributed by atoms with Gasteiger partial charge in [-0.15, -0.1) is 0 Å². The Morgan fingerprint density at radius 2 is 1.88 bits per heavy atom. The maximum absolute atomic E-state index is 11.6. The van der Waals surface area contributed by atoms with Gasteiger partial charge >= 0.3 is 0 Å². The SMILES string of the molecule is C=C1CC(=O)N(c2ccc(Cl)c(Cl)c2)C1=O. The van der Waals surface area contributed by atoms with Gasteiger partial charge in [0.05, 0.1) is 22.2 Å². The summed E-state index contributed by atoms with van der Waals surface area (Å²) in [5, 5.41) is 0.681. The Kier molecular flexibility index (Phi) is 2.74.